The van der Waals surface area contributed by atoms with Gasteiger partial charge in [-0.3, -0.25) is 0 Å². The molecule has 2 rings (SSSR count). The van der Waals surface area contributed by atoms with Gasteiger partial charge in [0, 0.05) is 5.56 Å². The van der Waals surface area contributed by atoms with Gasteiger partial charge in [-0.2, -0.15) is 8.78 Å². The van der Waals surface area contributed by atoms with Crippen molar-refractivity contribution in [1.82, 2.24) is 0 Å². The monoisotopic (exact) mass is 277 g/mol. The summed E-state index contributed by atoms with van der Waals surface area (Å²) in [6.45, 7) is 1.10. The predicted molar refractivity (Wildman–Crippen MR) is 75.0 cm³/mol. The Morgan fingerprint density at radius 3 is 2.20 bits per heavy atom. The lowest BCUT2D eigenvalue weighted by Crippen LogP contribution is -2.15. The summed E-state index contributed by atoms with van der Waals surface area (Å²) >= 11 is 0. The Labute approximate surface area is 117 Å². The van der Waals surface area contributed by atoms with Gasteiger partial charge in [0.1, 0.15) is 5.75 Å². The molecular weight excluding hydrogens is 260 g/mol. The van der Waals surface area contributed by atoms with Gasteiger partial charge in [0.05, 0.1) is 6.04 Å². The predicted octanol–water partition coefficient (Wildman–Crippen LogP) is 3.95. The molecule has 0 fully saturated rings. The zero-order valence-electron chi connectivity index (χ0n) is 11.4. The van der Waals surface area contributed by atoms with E-state index in [1.165, 1.54) is 6.07 Å². The highest BCUT2D eigenvalue weighted by atomic mass is 19.3. The lowest BCUT2D eigenvalue weighted by atomic mass is 9.96. The van der Waals surface area contributed by atoms with E-state index in [9.17, 15) is 8.78 Å². The summed E-state index contributed by atoms with van der Waals surface area (Å²) in [4.78, 5) is 0. The van der Waals surface area contributed by atoms with E-state index < -0.39 is 12.7 Å². The number of nitrogens with two attached hydrogens (primary N) is 1. The van der Waals surface area contributed by atoms with Crippen LogP contribution in [0.3, 0.4) is 0 Å². The summed E-state index contributed by atoms with van der Waals surface area (Å²) in [6.07, 6.45) is 0. The molecule has 0 heterocycles. The maximum absolute atomic E-state index is 12.4. The van der Waals surface area contributed by atoms with Crippen LogP contribution in [0.4, 0.5) is 8.78 Å². The number of hydrogen-bond acceptors (Lipinski definition) is 2. The summed E-state index contributed by atoms with van der Waals surface area (Å²) in [6, 6.07) is 12.1. The number of benzene rings is 2. The molecule has 0 spiro atoms. The molecule has 0 saturated heterocycles. The van der Waals surface area contributed by atoms with Crippen molar-refractivity contribution in [3.63, 3.8) is 0 Å². The van der Waals surface area contributed by atoms with Crippen molar-refractivity contribution < 1.29 is 13.5 Å². The van der Waals surface area contributed by atoms with Crippen LogP contribution < -0.4 is 10.5 Å². The molecule has 0 aromatic heterocycles. The maximum atomic E-state index is 12.4. The zero-order chi connectivity index (χ0) is 14.7. The van der Waals surface area contributed by atoms with Crippen LogP contribution >= 0.6 is 0 Å². The first-order valence-electron chi connectivity index (χ1n) is 6.35. The normalized spacial score (nSPS) is 12.5. The van der Waals surface area contributed by atoms with Gasteiger partial charge >= 0.3 is 6.61 Å². The van der Waals surface area contributed by atoms with Crippen molar-refractivity contribution >= 4 is 0 Å². The standard InChI is InChI=1S/C16H17F2NO/c1-10-7-11(2)9-12(8-10)15(19)13-5-3-4-6-14(13)20-16(17)18/h3-9,15-16H,19H2,1-2H3. The van der Waals surface area contributed by atoms with E-state index in [2.05, 4.69) is 4.74 Å². The summed E-state index contributed by atoms with van der Waals surface area (Å²) < 4.78 is 29.4. The third-order valence-electron chi connectivity index (χ3n) is 3.07. The van der Waals surface area contributed by atoms with E-state index in [4.69, 9.17) is 5.73 Å². The maximum Gasteiger partial charge on any atom is 0.387 e. The second-order valence-corrected chi connectivity index (χ2v) is 4.82. The topological polar surface area (TPSA) is 35.2 Å². The van der Waals surface area contributed by atoms with Crippen LogP contribution in [-0.2, 0) is 0 Å². The molecule has 4 heteroatoms. The molecule has 0 aliphatic rings. The minimum atomic E-state index is -2.86. The molecule has 0 amide bonds. The molecule has 0 aliphatic heterocycles. The molecule has 1 atom stereocenters. The fraction of sp³-hybridized carbons (Fsp3) is 0.250. The van der Waals surface area contributed by atoms with E-state index in [-0.39, 0.29) is 5.75 Å². The highest BCUT2D eigenvalue weighted by molar-refractivity contribution is 5.43. The van der Waals surface area contributed by atoms with E-state index in [1.54, 1.807) is 18.2 Å². The Kier molecular flexibility index (Phi) is 4.35. The Bertz CT molecular complexity index is 579. The van der Waals surface area contributed by atoms with Gasteiger partial charge in [0.25, 0.3) is 0 Å². The first kappa shape index (κ1) is 14.5. The molecule has 2 aromatic rings. The number of alkyl halides is 2. The summed E-state index contributed by atoms with van der Waals surface area (Å²) in [5.74, 6) is 0.120. The number of ether oxygens (including phenoxy) is 1. The van der Waals surface area contributed by atoms with Gasteiger partial charge in [-0.25, -0.2) is 0 Å². The van der Waals surface area contributed by atoms with E-state index >= 15 is 0 Å². The van der Waals surface area contributed by atoms with Crippen molar-refractivity contribution in [2.45, 2.75) is 26.5 Å². The van der Waals surface area contributed by atoms with Gasteiger partial charge < -0.3 is 10.5 Å². The Balaban J connectivity index is 2.39. The summed E-state index contributed by atoms with van der Waals surface area (Å²) in [5, 5.41) is 0. The molecule has 2 aromatic carbocycles. The molecule has 2 N–H and O–H groups in total. The highest BCUT2D eigenvalue weighted by Crippen LogP contribution is 2.30. The fourth-order valence-corrected chi connectivity index (χ4v) is 2.31. The minimum Gasteiger partial charge on any atom is -0.434 e. The number of para-hydroxylation sites is 1. The first-order valence-corrected chi connectivity index (χ1v) is 6.35. The fourth-order valence-electron chi connectivity index (χ4n) is 2.31. The molecule has 0 radical (unpaired) electrons. The second kappa shape index (κ2) is 6.01. The van der Waals surface area contributed by atoms with Crippen LogP contribution in [0, 0.1) is 13.8 Å². The third kappa shape index (κ3) is 3.33. The number of aryl methyl sites for hydroxylation is 2. The molecule has 20 heavy (non-hydrogen) atoms. The largest absolute Gasteiger partial charge is 0.434 e. The van der Waals surface area contributed by atoms with Crippen molar-refractivity contribution in [1.29, 1.82) is 0 Å². The average molecular weight is 277 g/mol. The quantitative estimate of drug-likeness (QED) is 0.918. The molecule has 0 bridgehead atoms. The van der Waals surface area contributed by atoms with Gasteiger partial charge in [-0.05, 0) is 25.5 Å². The van der Waals surface area contributed by atoms with Crippen LogP contribution in [0.5, 0.6) is 5.75 Å². The van der Waals surface area contributed by atoms with Gasteiger partial charge in [0.15, 0.2) is 0 Å². The molecule has 0 saturated carbocycles. The number of hydrogen-bond donors (Lipinski definition) is 1. The van der Waals surface area contributed by atoms with Crippen molar-refractivity contribution in [2.24, 2.45) is 5.73 Å². The Morgan fingerprint density at radius 2 is 1.60 bits per heavy atom. The van der Waals surface area contributed by atoms with Crippen LogP contribution in [0.25, 0.3) is 0 Å². The van der Waals surface area contributed by atoms with Gasteiger partial charge in [0.2, 0.25) is 0 Å². The molecular formula is C16H17F2NO. The van der Waals surface area contributed by atoms with Gasteiger partial charge in [-0.1, -0.05) is 47.5 Å². The van der Waals surface area contributed by atoms with Gasteiger partial charge in [-0.15, -0.1) is 0 Å². The lowest BCUT2D eigenvalue weighted by Gasteiger charge is -2.18. The van der Waals surface area contributed by atoms with E-state index in [0.29, 0.717) is 5.56 Å². The molecule has 0 aliphatic carbocycles. The van der Waals surface area contributed by atoms with Crippen LogP contribution in [0.2, 0.25) is 0 Å². The zero-order valence-corrected chi connectivity index (χ0v) is 11.4. The molecule has 106 valence electrons. The van der Waals surface area contributed by atoms with Crippen LogP contribution in [0.1, 0.15) is 28.3 Å². The first-order chi connectivity index (χ1) is 9.47. The lowest BCUT2D eigenvalue weighted by molar-refractivity contribution is -0.0505. The van der Waals surface area contributed by atoms with E-state index in [0.717, 1.165) is 16.7 Å². The average Bonchev–Trinajstić information content (AvgIpc) is 2.36. The van der Waals surface area contributed by atoms with Crippen LogP contribution in [-0.4, -0.2) is 6.61 Å². The minimum absolute atomic E-state index is 0.120. The third-order valence-corrected chi connectivity index (χ3v) is 3.07. The SMILES string of the molecule is Cc1cc(C)cc(C(N)c2ccccc2OC(F)F)c1. The molecule has 1 unspecified atom stereocenters. The number of halogens is 2. The summed E-state index contributed by atoms with van der Waals surface area (Å²) in [5.41, 5.74) is 9.81. The Morgan fingerprint density at radius 1 is 1.00 bits per heavy atom. The summed E-state index contributed by atoms with van der Waals surface area (Å²) in [7, 11) is 0. The smallest absolute Gasteiger partial charge is 0.387 e. The van der Waals surface area contributed by atoms with Crippen molar-refractivity contribution in [3.8, 4) is 5.75 Å². The van der Waals surface area contributed by atoms with Crippen molar-refractivity contribution in [3.05, 3.63) is 64.7 Å². The second-order valence-electron chi connectivity index (χ2n) is 4.82. The molecule has 2 nitrogen and oxygen atoms in total. The highest BCUT2D eigenvalue weighted by Gasteiger charge is 2.16. The van der Waals surface area contributed by atoms with E-state index in [1.807, 2.05) is 32.0 Å². The van der Waals surface area contributed by atoms with Crippen molar-refractivity contribution in [2.75, 3.05) is 0 Å². The Hall–Kier alpha value is -1.94. The number of rotatable bonds is 4. The van der Waals surface area contributed by atoms with Crippen LogP contribution in [0.15, 0.2) is 42.5 Å².